The average molecular weight is 408 g/mol. The zero-order valence-electron chi connectivity index (χ0n) is 16.6. The fraction of sp³-hybridized carbons (Fsp3) is 0.304. The summed E-state index contributed by atoms with van der Waals surface area (Å²) in [5, 5.41) is 9.19. The number of benzene rings is 2. The van der Waals surface area contributed by atoms with Crippen LogP contribution in [-0.4, -0.2) is 30.9 Å². The highest BCUT2D eigenvalue weighted by molar-refractivity contribution is 7.17. The molecule has 2 atom stereocenters. The summed E-state index contributed by atoms with van der Waals surface area (Å²) in [5.41, 5.74) is 3.20. The molecule has 3 aromatic rings. The van der Waals surface area contributed by atoms with Gasteiger partial charge in [-0.1, -0.05) is 36.4 Å². The number of nitrogens with zero attached hydrogens (tertiary/aromatic N) is 1. The molecule has 4 rings (SSSR count). The first-order valence-corrected chi connectivity index (χ1v) is 10.8. The number of carbonyl (C=O) groups is 2. The van der Waals surface area contributed by atoms with E-state index in [9.17, 15) is 9.59 Å². The molecule has 2 heterocycles. The van der Waals surface area contributed by atoms with Crippen molar-refractivity contribution in [2.24, 2.45) is 0 Å². The van der Waals surface area contributed by atoms with Gasteiger partial charge in [0.2, 0.25) is 11.8 Å². The van der Waals surface area contributed by atoms with E-state index in [1.807, 2.05) is 35.2 Å². The van der Waals surface area contributed by atoms with Crippen LogP contribution in [0.1, 0.15) is 24.5 Å². The Bertz CT molecular complexity index is 1050. The predicted molar refractivity (Wildman–Crippen MR) is 118 cm³/mol. The van der Waals surface area contributed by atoms with Gasteiger partial charge in [-0.15, -0.1) is 11.3 Å². The molecule has 1 aliphatic heterocycles. The van der Waals surface area contributed by atoms with E-state index >= 15 is 0 Å². The van der Waals surface area contributed by atoms with Crippen molar-refractivity contribution in [3.63, 3.8) is 0 Å². The molecule has 6 heteroatoms. The third-order valence-corrected chi connectivity index (χ3v) is 6.59. The predicted octanol–water partition coefficient (Wildman–Crippen LogP) is 3.47. The lowest BCUT2D eigenvalue weighted by Gasteiger charge is -2.27. The van der Waals surface area contributed by atoms with Crippen molar-refractivity contribution in [3.05, 3.63) is 65.0 Å². The fourth-order valence-electron chi connectivity index (χ4n) is 3.77. The van der Waals surface area contributed by atoms with Gasteiger partial charge in [0.1, 0.15) is 6.04 Å². The minimum atomic E-state index is -0.532. The Morgan fingerprint density at radius 1 is 1.21 bits per heavy atom. The number of hydrogen-bond donors (Lipinski definition) is 2. The van der Waals surface area contributed by atoms with Crippen molar-refractivity contribution in [2.75, 3.05) is 11.9 Å². The van der Waals surface area contributed by atoms with Crippen molar-refractivity contribution in [1.29, 1.82) is 0 Å². The molecular weight excluding hydrogens is 382 g/mol. The molecule has 0 fully saturated rings. The topological polar surface area (TPSA) is 61.4 Å². The molecule has 0 aliphatic carbocycles. The molecule has 1 aromatic heterocycles. The Morgan fingerprint density at radius 3 is 2.79 bits per heavy atom. The highest BCUT2D eigenvalue weighted by Crippen LogP contribution is 2.32. The lowest BCUT2D eigenvalue weighted by atomic mass is 10.1. The van der Waals surface area contributed by atoms with E-state index < -0.39 is 6.04 Å². The molecule has 0 radical (unpaired) electrons. The summed E-state index contributed by atoms with van der Waals surface area (Å²) >= 11 is 1.69. The highest BCUT2D eigenvalue weighted by Gasteiger charge is 2.32. The van der Waals surface area contributed by atoms with Gasteiger partial charge in [-0.2, -0.15) is 0 Å². The monoisotopic (exact) mass is 407 g/mol. The van der Waals surface area contributed by atoms with Crippen molar-refractivity contribution in [3.8, 4) is 0 Å². The first-order valence-electron chi connectivity index (χ1n) is 9.90. The largest absolute Gasteiger partial charge is 0.343 e. The molecule has 2 amide bonds. The summed E-state index contributed by atoms with van der Waals surface area (Å²) in [6, 6.07) is 15.4. The van der Waals surface area contributed by atoms with Gasteiger partial charge in [0, 0.05) is 10.4 Å². The van der Waals surface area contributed by atoms with Gasteiger partial charge in [0.15, 0.2) is 0 Å². The SMILES string of the molecule is CN[C@@H](C)C(=O)N[C@H]1CCc2ccccc2N(Cc2csc3ccccc23)C1=O. The molecule has 2 N–H and O–H groups in total. The first-order chi connectivity index (χ1) is 14.1. The van der Waals surface area contributed by atoms with E-state index in [0.717, 1.165) is 23.2 Å². The van der Waals surface area contributed by atoms with Gasteiger partial charge < -0.3 is 15.5 Å². The van der Waals surface area contributed by atoms with E-state index in [0.29, 0.717) is 13.0 Å². The lowest BCUT2D eigenvalue weighted by molar-refractivity contribution is -0.128. The second-order valence-corrected chi connectivity index (χ2v) is 8.33. The van der Waals surface area contributed by atoms with E-state index in [1.54, 1.807) is 25.3 Å². The maximum absolute atomic E-state index is 13.5. The van der Waals surface area contributed by atoms with Crippen LogP contribution < -0.4 is 15.5 Å². The smallest absolute Gasteiger partial charge is 0.249 e. The molecule has 5 nitrogen and oxygen atoms in total. The van der Waals surface area contributed by atoms with Gasteiger partial charge in [-0.25, -0.2) is 0 Å². The summed E-state index contributed by atoms with van der Waals surface area (Å²) in [4.78, 5) is 27.8. The van der Waals surface area contributed by atoms with Gasteiger partial charge in [-0.05, 0) is 60.8 Å². The van der Waals surface area contributed by atoms with Gasteiger partial charge in [0.25, 0.3) is 0 Å². The number of rotatable bonds is 5. The first kappa shape index (κ1) is 19.6. The number of anilines is 1. The Kier molecular flexibility index (Phi) is 5.65. The lowest BCUT2D eigenvalue weighted by Crippen LogP contribution is -2.52. The zero-order chi connectivity index (χ0) is 20.4. The number of thiophene rings is 1. The Labute approximate surface area is 174 Å². The molecule has 1 aliphatic rings. The minimum absolute atomic E-state index is 0.0538. The summed E-state index contributed by atoms with van der Waals surface area (Å²) < 4.78 is 1.21. The van der Waals surface area contributed by atoms with Crippen LogP contribution in [0.5, 0.6) is 0 Å². The van der Waals surface area contributed by atoms with Crippen LogP contribution in [0.15, 0.2) is 53.9 Å². The van der Waals surface area contributed by atoms with Crippen LogP contribution >= 0.6 is 11.3 Å². The average Bonchev–Trinajstić information content (AvgIpc) is 3.11. The van der Waals surface area contributed by atoms with Crippen molar-refractivity contribution in [2.45, 2.75) is 38.4 Å². The van der Waals surface area contributed by atoms with Gasteiger partial charge >= 0.3 is 0 Å². The van der Waals surface area contributed by atoms with Gasteiger partial charge in [0.05, 0.1) is 12.6 Å². The van der Waals surface area contributed by atoms with Crippen LogP contribution in [0.2, 0.25) is 0 Å². The molecule has 29 heavy (non-hydrogen) atoms. The number of aryl methyl sites for hydroxylation is 1. The molecule has 150 valence electrons. The van der Waals surface area contributed by atoms with Crippen molar-refractivity contribution in [1.82, 2.24) is 10.6 Å². The standard InChI is InChI=1S/C23H25N3O2S/c1-15(24-2)22(27)25-19-12-11-16-7-3-5-9-20(16)26(23(19)28)13-17-14-29-21-10-6-4-8-18(17)21/h3-10,14-15,19,24H,11-13H2,1-2H3,(H,25,27)/t15-,19-/m0/s1. The van der Waals surface area contributed by atoms with Gasteiger partial charge in [-0.3, -0.25) is 9.59 Å². The number of likely N-dealkylation sites (N-methyl/N-ethyl adjacent to an activating group) is 1. The van der Waals surface area contributed by atoms with E-state index in [1.165, 1.54) is 10.1 Å². The van der Waals surface area contributed by atoms with E-state index in [4.69, 9.17) is 0 Å². The van der Waals surface area contributed by atoms with Crippen LogP contribution in [0.3, 0.4) is 0 Å². The molecule has 0 bridgehead atoms. The zero-order valence-corrected chi connectivity index (χ0v) is 17.5. The van der Waals surface area contributed by atoms with Crippen molar-refractivity contribution >= 4 is 38.9 Å². The minimum Gasteiger partial charge on any atom is -0.343 e. The second-order valence-electron chi connectivity index (χ2n) is 7.42. The number of fused-ring (bicyclic) bond motifs is 2. The van der Waals surface area contributed by atoms with Crippen LogP contribution in [0, 0.1) is 0 Å². The maximum Gasteiger partial charge on any atom is 0.249 e. The maximum atomic E-state index is 13.5. The van der Waals surface area contributed by atoms with Crippen molar-refractivity contribution < 1.29 is 9.59 Å². The Morgan fingerprint density at radius 2 is 1.97 bits per heavy atom. The molecule has 0 unspecified atom stereocenters. The van der Waals surface area contributed by atoms with Crippen LogP contribution in [0.4, 0.5) is 5.69 Å². The summed E-state index contributed by atoms with van der Waals surface area (Å²) in [6.45, 7) is 2.29. The summed E-state index contributed by atoms with van der Waals surface area (Å²) in [5.74, 6) is -0.209. The van der Waals surface area contributed by atoms with E-state index in [-0.39, 0.29) is 17.9 Å². The fourth-order valence-corrected chi connectivity index (χ4v) is 4.72. The number of amides is 2. The Hall–Kier alpha value is -2.70. The van der Waals surface area contributed by atoms with E-state index in [2.05, 4.69) is 34.2 Å². The second kappa shape index (κ2) is 8.35. The highest BCUT2D eigenvalue weighted by atomic mass is 32.1. The quantitative estimate of drug-likeness (QED) is 0.681. The number of carbonyl (C=O) groups excluding carboxylic acids is 2. The molecule has 0 saturated carbocycles. The Balaban J connectivity index is 1.68. The summed E-state index contributed by atoms with van der Waals surface area (Å²) in [6.07, 6.45) is 1.35. The molecule has 0 spiro atoms. The third-order valence-electron chi connectivity index (χ3n) is 5.58. The molecule has 0 saturated heterocycles. The number of nitrogens with one attached hydrogen (secondary N) is 2. The number of hydrogen-bond acceptors (Lipinski definition) is 4. The van der Waals surface area contributed by atoms with Crippen LogP contribution in [0.25, 0.3) is 10.1 Å². The molecular formula is C23H25N3O2S. The third kappa shape index (κ3) is 3.91. The molecule has 2 aromatic carbocycles. The summed E-state index contributed by atoms with van der Waals surface area (Å²) in [7, 11) is 1.74. The normalized spacial score (nSPS) is 17.7. The van der Waals surface area contributed by atoms with Crippen LogP contribution in [-0.2, 0) is 22.6 Å². The number of para-hydroxylation sites is 1.